The predicted octanol–water partition coefficient (Wildman–Crippen LogP) is 3.95. The van der Waals surface area contributed by atoms with Crippen molar-refractivity contribution < 1.29 is 0 Å². The fourth-order valence-electron chi connectivity index (χ4n) is 1.44. The molecule has 0 unspecified atom stereocenters. The van der Waals surface area contributed by atoms with Gasteiger partial charge in [0.1, 0.15) is 6.63 Å². The highest BCUT2D eigenvalue weighted by molar-refractivity contribution is 8.09. The first-order valence-electron chi connectivity index (χ1n) is 4.66. The molecule has 0 fully saturated rings. The van der Waals surface area contributed by atoms with Crippen LogP contribution in [0, 0.1) is 0 Å². The third-order valence-corrected chi connectivity index (χ3v) is 4.00. The fraction of sp³-hybridized carbons (Fsp3) is 0.400. The molecule has 0 aliphatic heterocycles. The Kier molecular flexibility index (Phi) is 5.01. The zero-order valence-electron chi connectivity index (χ0n) is 8.37. The summed E-state index contributed by atoms with van der Waals surface area (Å²) in [4.78, 5) is 2.26. The molecule has 0 bridgehead atoms. The normalized spacial score (nSPS) is 10.6. The van der Waals surface area contributed by atoms with Crippen molar-refractivity contribution in [2.24, 2.45) is 0 Å². The fourth-order valence-corrected chi connectivity index (χ4v) is 2.88. The molecule has 0 aromatic heterocycles. The van der Waals surface area contributed by atoms with Gasteiger partial charge in [0.25, 0.3) is 0 Å². The lowest BCUT2D eigenvalue weighted by molar-refractivity contribution is 0.869. The zero-order chi connectivity index (χ0) is 10.6. The van der Waals surface area contributed by atoms with Gasteiger partial charge in [-0.1, -0.05) is 40.7 Å². The molecule has 14 heavy (non-hydrogen) atoms. The lowest BCUT2D eigenvalue weighted by Gasteiger charge is -2.24. The van der Waals surface area contributed by atoms with Crippen molar-refractivity contribution in [2.75, 3.05) is 18.0 Å². The van der Waals surface area contributed by atoms with Gasteiger partial charge in [-0.2, -0.15) is 0 Å². The van der Waals surface area contributed by atoms with E-state index in [0.717, 1.165) is 24.1 Å². The number of halogens is 2. The van der Waals surface area contributed by atoms with Gasteiger partial charge in [-0.05, 0) is 19.9 Å². The van der Waals surface area contributed by atoms with Crippen LogP contribution >= 0.6 is 29.1 Å². The zero-order valence-corrected chi connectivity index (χ0v) is 10.8. The van der Waals surface area contributed by atoms with E-state index < -0.39 is 6.63 Å². The Morgan fingerprint density at radius 1 is 1.14 bits per heavy atom. The number of para-hydroxylation sites is 1. The molecule has 0 radical (unpaired) electrons. The maximum atomic E-state index is 5.97. The molecule has 0 saturated heterocycles. The van der Waals surface area contributed by atoms with Crippen LogP contribution < -0.4 is 10.2 Å². The maximum Gasteiger partial charge on any atom is 0.119 e. The third-order valence-electron chi connectivity index (χ3n) is 2.17. The van der Waals surface area contributed by atoms with Gasteiger partial charge in [0.2, 0.25) is 0 Å². The van der Waals surface area contributed by atoms with E-state index in [1.807, 2.05) is 18.2 Å². The molecule has 1 rings (SSSR count). The molecule has 0 amide bonds. The maximum absolute atomic E-state index is 5.97. The summed E-state index contributed by atoms with van der Waals surface area (Å²) in [6, 6.07) is 8.06. The topological polar surface area (TPSA) is 3.24 Å². The average molecular weight is 250 g/mol. The highest BCUT2D eigenvalue weighted by Crippen LogP contribution is 2.47. The molecule has 0 atom stereocenters. The summed E-state index contributed by atoms with van der Waals surface area (Å²) in [6.45, 7) is 5.16. The summed E-state index contributed by atoms with van der Waals surface area (Å²) >= 11 is 11.9. The van der Waals surface area contributed by atoms with E-state index in [1.165, 1.54) is 0 Å². The molecular formula is C10H14Cl2NP. The SMILES string of the molecule is CCN(CC)c1ccccc1P(Cl)Cl. The second-order valence-electron chi connectivity index (χ2n) is 2.89. The first kappa shape index (κ1) is 12.1. The van der Waals surface area contributed by atoms with Crippen LogP contribution in [0.25, 0.3) is 0 Å². The van der Waals surface area contributed by atoms with Gasteiger partial charge in [-0.3, -0.25) is 0 Å². The van der Waals surface area contributed by atoms with Gasteiger partial charge in [-0.15, -0.1) is 0 Å². The van der Waals surface area contributed by atoms with Gasteiger partial charge in [0.15, 0.2) is 0 Å². The van der Waals surface area contributed by atoms with Gasteiger partial charge in [-0.25, -0.2) is 0 Å². The van der Waals surface area contributed by atoms with E-state index >= 15 is 0 Å². The Balaban J connectivity index is 3.05. The molecule has 0 aliphatic rings. The second kappa shape index (κ2) is 5.80. The van der Waals surface area contributed by atoms with E-state index in [9.17, 15) is 0 Å². The van der Waals surface area contributed by atoms with E-state index in [2.05, 4.69) is 24.8 Å². The minimum absolute atomic E-state index is 0.977. The van der Waals surface area contributed by atoms with Crippen molar-refractivity contribution in [3.63, 3.8) is 0 Å². The first-order valence-corrected chi connectivity index (χ1v) is 7.81. The predicted molar refractivity (Wildman–Crippen MR) is 68.3 cm³/mol. The summed E-state index contributed by atoms with van der Waals surface area (Å²) in [5, 5.41) is 1.05. The second-order valence-corrected chi connectivity index (χ2v) is 6.39. The van der Waals surface area contributed by atoms with Crippen LogP contribution in [0.2, 0.25) is 0 Å². The van der Waals surface area contributed by atoms with Crippen LogP contribution in [-0.4, -0.2) is 13.1 Å². The number of benzene rings is 1. The highest BCUT2D eigenvalue weighted by Gasteiger charge is 2.12. The standard InChI is InChI=1S/C10H14Cl2NP/c1-3-13(4-2)9-7-5-6-8-10(9)14(11)12/h5-8H,3-4H2,1-2H3. The Hall–Kier alpha value is 0.0300. The summed E-state index contributed by atoms with van der Waals surface area (Å²) in [6.07, 6.45) is 0. The third kappa shape index (κ3) is 2.76. The molecule has 0 saturated carbocycles. The number of hydrogen-bond donors (Lipinski definition) is 0. The van der Waals surface area contributed by atoms with Crippen LogP contribution in [0.3, 0.4) is 0 Å². The van der Waals surface area contributed by atoms with Gasteiger partial charge in [0.05, 0.1) is 0 Å². The molecular weight excluding hydrogens is 236 g/mol. The van der Waals surface area contributed by atoms with Crippen molar-refractivity contribution in [1.82, 2.24) is 0 Å². The van der Waals surface area contributed by atoms with Crippen molar-refractivity contribution in [3.8, 4) is 0 Å². The largest absolute Gasteiger partial charge is 0.372 e. The van der Waals surface area contributed by atoms with Gasteiger partial charge >= 0.3 is 0 Å². The smallest absolute Gasteiger partial charge is 0.119 e. The van der Waals surface area contributed by atoms with Crippen molar-refractivity contribution in [1.29, 1.82) is 0 Å². The van der Waals surface area contributed by atoms with Crippen molar-refractivity contribution in [2.45, 2.75) is 13.8 Å². The van der Waals surface area contributed by atoms with E-state index in [-0.39, 0.29) is 0 Å². The van der Waals surface area contributed by atoms with Crippen molar-refractivity contribution >= 4 is 40.1 Å². The first-order chi connectivity index (χ1) is 6.70. The highest BCUT2D eigenvalue weighted by atomic mass is 35.9. The van der Waals surface area contributed by atoms with Crippen LogP contribution in [0.15, 0.2) is 24.3 Å². The monoisotopic (exact) mass is 249 g/mol. The molecule has 4 heteroatoms. The Morgan fingerprint density at radius 2 is 1.71 bits per heavy atom. The molecule has 1 aromatic rings. The molecule has 1 aromatic carbocycles. The van der Waals surface area contributed by atoms with E-state index in [4.69, 9.17) is 22.5 Å². The molecule has 0 spiro atoms. The summed E-state index contributed by atoms with van der Waals surface area (Å²) in [7, 11) is 0. The Bertz CT molecular complexity index is 287. The number of anilines is 1. The number of nitrogens with zero attached hydrogens (tertiary/aromatic N) is 1. The van der Waals surface area contributed by atoms with Crippen LogP contribution in [0.1, 0.15) is 13.8 Å². The van der Waals surface area contributed by atoms with Gasteiger partial charge in [0, 0.05) is 24.1 Å². The average Bonchev–Trinajstić information content (AvgIpc) is 2.20. The van der Waals surface area contributed by atoms with E-state index in [1.54, 1.807) is 0 Å². The molecule has 0 aliphatic carbocycles. The van der Waals surface area contributed by atoms with Crippen LogP contribution in [0.5, 0.6) is 0 Å². The van der Waals surface area contributed by atoms with Crippen LogP contribution in [0.4, 0.5) is 5.69 Å². The summed E-state index contributed by atoms with van der Waals surface area (Å²) < 4.78 is 0. The molecule has 0 N–H and O–H groups in total. The lowest BCUT2D eigenvalue weighted by Crippen LogP contribution is -2.26. The molecule has 1 nitrogen and oxygen atoms in total. The van der Waals surface area contributed by atoms with E-state index in [0.29, 0.717) is 0 Å². The number of hydrogen-bond acceptors (Lipinski definition) is 1. The minimum Gasteiger partial charge on any atom is -0.372 e. The summed E-state index contributed by atoms with van der Waals surface area (Å²) in [5.41, 5.74) is 1.16. The van der Waals surface area contributed by atoms with Crippen LogP contribution in [-0.2, 0) is 0 Å². The number of rotatable bonds is 4. The molecule has 78 valence electrons. The Morgan fingerprint density at radius 3 is 2.21 bits per heavy atom. The van der Waals surface area contributed by atoms with Gasteiger partial charge < -0.3 is 4.90 Å². The van der Waals surface area contributed by atoms with Crippen molar-refractivity contribution in [3.05, 3.63) is 24.3 Å². The molecule has 0 heterocycles. The summed E-state index contributed by atoms with van der Waals surface area (Å²) in [5.74, 6) is 0. The minimum atomic E-state index is -1.06. The lowest BCUT2D eigenvalue weighted by atomic mass is 10.3. The quantitative estimate of drug-likeness (QED) is 0.731. The Labute approximate surface area is 96.3 Å².